The molecule has 0 atom stereocenters. The highest BCUT2D eigenvalue weighted by Gasteiger charge is 2.07. The number of pyridine rings is 1. The number of nitrogens with zero attached hydrogens (tertiary/aromatic N) is 3. The molecule has 2 heterocycles. The summed E-state index contributed by atoms with van der Waals surface area (Å²) in [4.78, 5) is 15.7. The molecule has 0 aliphatic heterocycles. The van der Waals surface area contributed by atoms with E-state index in [0.29, 0.717) is 12.8 Å². The van der Waals surface area contributed by atoms with Crippen molar-refractivity contribution in [1.82, 2.24) is 14.8 Å². The van der Waals surface area contributed by atoms with Gasteiger partial charge in [-0.3, -0.25) is 14.5 Å². The standard InChI is InChI=1S/C12H13N3O/c1-15-6-4-11(14-15)8-12(16)7-10-3-2-5-13-9-10/h2-6,9H,7-8H2,1H3. The summed E-state index contributed by atoms with van der Waals surface area (Å²) in [6.07, 6.45) is 6.07. The molecule has 0 spiro atoms. The number of hydrogen-bond donors (Lipinski definition) is 0. The van der Waals surface area contributed by atoms with Gasteiger partial charge in [-0.15, -0.1) is 0 Å². The van der Waals surface area contributed by atoms with Crippen molar-refractivity contribution in [2.75, 3.05) is 0 Å². The summed E-state index contributed by atoms with van der Waals surface area (Å²) in [7, 11) is 1.84. The molecule has 16 heavy (non-hydrogen) atoms. The van der Waals surface area contributed by atoms with Gasteiger partial charge in [0.1, 0.15) is 5.78 Å². The summed E-state index contributed by atoms with van der Waals surface area (Å²) in [5, 5.41) is 4.17. The summed E-state index contributed by atoms with van der Waals surface area (Å²) >= 11 is 0. The number of ketones is 1. The highest BCUT2D eigenvalue weighted by molar-refractivity contribution is 5.82. The van der Waals surface area contributed by atoms with Crippen LogP contribution < -0.4 is 0 Å². The van der Waals surface area contributed by atoms with E-state index in [-0.39, 0.29) is 5.78 Å². The van der Waals surface area contributed by atoms with Crippen LogP contribution in [-0.4, -0.2) is 20.5 Å². The van der Waals surface area contributed by atoms with Gasteiger partial charge in [0.2, 0.25) is 0 Å². The predicted molar refractivity (Wildman–Crippen MR) is 59.9 cm³/mol. The molecule has 4 heteroatoms. The zero-order valence-electron chi connectivity index (χ0n) is 9.13. The predicted octanol–water partition coefficient (Wildman–Crippen LogP) is 1.17. The first-order valence-corrected chi connectivity index (χ1v) is 5.13. The summed E-state index contributed by atoms with van der Waals surface area (Å²) < 4.78 is 1.70. The van der Waals surface area contributed by atoms with E-state index in [2.05, 4.69) is 10.1 Å². The largest absolute Gasteiger partial charge is 0.299 e. The molecule has 2 aromatic rings. The number of carbonyl (C=O) groups excluding carboxylic acids is 1. The topological polar surface area (TPSA) is 47.8 Å². The maximum absolute atomic E-state index is 11.7. The third kappa shape index (κ3) is 2.76. The lowest BCUT2D eigenvalue weighted by molar-refractivity contribution is -0.117. The molecule has 2 aromatic heterocycles. The van der Waals surface area contributed by atoms with Gasteiger partial charge in [0, 0.05) is 32.1 Å². The highest BCUT2D eigenvalue weighted by atomic mass is 16.1. The third-order valence-electron chi connectivity index (χ3n) is 2.27. The average Bonchev–Trinajstić information content (AvgIpc) is 2.65. The lowest BCUT2D eigenvalue weighted by Gasteiger charge is -1.98. The van der Waals surface area contributed by atoms with Crippen molar-refractivity contribution in [3.05, 3.63) is 48.0 Å². The van der Waals surface area contributed by atoms with E-state index in [9.17, 15) is 4.79 Å². The van der Waals surface area contributed by atoms with Gasteiger partial charge in [-0.05, 0) is 17.7 Å². The first-order chi connectivity index (χ1) is 7.74. The van der Waals surface area contributed by atoms with Gasteiger partial charge in [0.15, 0.2) is 0 Å². The summed E-state index contributed by atoms with van der Waals surface area (Å²) in [5.41, 5.74) is 1.76. The summed E-state index contributed by atoms with van der Waals surface area (Å²) in [5.74, 6) is 0.159. The Hall–Kier alpha value is -1.97. The second-order valence-electron chi connectivity index (χ2n) is 3.73. The molecule has 0 N–H and O–H groups in total. The SMILES string of the molecule is Cn1ccc(CC(=O)Cc2cccnc2)n1. The summed E-state index contributed by atoms with van der Waals surface area (Å²) in [6, 6.07) is 5.61. The van der Waals surface area contributed by atoms with Crippen LogP contribution in [0.1, 0.15) is 11.3 Å². The number of rotatable bonds is 4. The van der Waals surface area contributed by atoms with Crippen molar-refractivity contribution < 1.29 is 4.79 Å². The minimum Gasteiger partial charge on any atom is -0.299 e. The quantitative estimate of drug-likeness (QED) is 0.769. The van der Waals surface area contributed by atoms with Crippen LogP contribution in [0.4, 0.5) is 0 Å². The molecule has 0 saturated carbocycles. The molecule has 0 unspecified atom stereocenters. The Bertz CT molecular complexity index is 476. The number of hydrogen-bond acceptors (Lipinski definition) is 3. The van der Waals surface area contributed by atoms with E-state index >= 15 is 0 Å². The lowest BCUT2D eigenvalue weighted by atomic mass is 10.1. The molecule has 0 amide bonds. The van der Waals surface area contributed by atoms with Gasteiger partial charge in [0.25, 0.3) is 0 Å². The molecule has 4 nitrogen and oxygen atoms in total. The number of Topliss-reactive ketones (excluding diaryl/α,β-unsaturated/α-hetero) is 1. The highest BCUT2D eigenvalue weighted by Crippen LogP contribution is 2.02. The van der Waals surface area contributed by atoms with Crippen molar-refractivity contribution in [1.29, 1.82) is 0 Å². The van der Waals surface area contributed by atoms with E-state index in [1.807, 2.05) is 31.4 Å². The van der Waals surface area contributed by atoms with Crippen LogP contribution in [-0.2, 0) is 24.7 Å². The van der Waals surface area contributed by atoms with Crippen LogP contribution in [0.25, 0.3) is 0 Å². The zero-order chi connectivity index (χ0) is 11.4. The molecule has 2 rings (SSSR count). The number of carbonyl (C=O) groups is 1. The first kappa shape index (κ1) is 10.5. The molecular formula is C12H13N3O. The lowest BCUT2D eigenvalue weighted by Crippen LogP contribution is -2.07. The van der Waals surface area contributed by atoms with Crippen LogP contribution >= 0.6 is 0 Å². The van der Waals surface area contributed by atoms with Crippen molar-refractivity contribution in [3.8, 4) is 0 Å². The maximum atomic E-state index is 11.7. The van der Waals surface area contributed by atoms with Crippen molar-refractivity contribution in [2.45, 2.75) is 12.8 Å². The Labute approximate surface area is 93.9 Å². The fraction of sp³-hybridized carbons (Fsp3) is 0.250. The fourth-order valence-electron chi connectivity index (χ4n) is 1.55. The molecule has 0 aliphatic carbocycles. The van der Waals surface area contributed by atoms with E-state index in [0.717, 1.165) is 11.3 Å². The minimum atomic E-state index is 0.159. The number of aromatic nitrogens is 3. The van der Waals surface area contributed by atoms with Crippen molar-refractivity contribution >= 4 is 5.78 Å². The van der Waals surface area contributed by atoms with Gasteiger partial charge >= 0.3 is 0 Å². The van der Waals surface area contributed by atoms with Crippen LogP contribution in [0, 0.1) is 0 Å². The number of aryl methyl sites for hydroxylation is 1. The smallest absolute Gasteiger partial charge is 0.143 e. The van der Waals surface area contributed by atoms with E-state index in [1.54, 1.807) is 17.1 Å². The van der Waals surface area contributed by atoms with Gasteiger partial charge in [0.05, 0.1) is 12.1 Å². The molecular weight excluding hydrogens is 202 g/mol. The Morgan fingerprint density at radius 2 is 2.25 bits per heavy atom. The summed E-state index contributed by atoms with van der Waals surface area (Å²) in [6.45, 7) is 0. The maximum Gasteiger partial charge on any atom is 0.143 e. The van der Waals surface area contributed by atoms with Crippen molar-refractivity contribution in [2.24, 2.45) is 7.05 Å². The van der Waals surface area contributed by atoms with Crippen LogP contribution in [0.5, 0.6) is 0 Å². The van der Waals surface area contributed by atoms with Crippen molar-refractivity contribution in [3.63, 3.8) is 0 Å². The Kier molecular flexibility index (Phi) is 3.10. The second kappa shape index (κ2) is 4.70. The average molecular weight is 215 g/mol. The van der Waals surface area contributed by atoms with E-state index < -0.39 is 0 Å². The fourth-order valence-corrected chi connectivity index (χ4v) is 1.55. The molecule has 0 aromatic carbocycles. The Morgan fingerprint density at radius 3 is 2.88 bits per heavy atom. The molecule has 0 bridgehead atoms. The van der Waals surface area contributed by atoms with Gasteiger partial charge < -0.3 is 0 Å². The van der Waals surface area contributed by atoms with Crippen LogP contribution in [0.3, 0.4) is 0 Å². The van der Waals surface area contributed by atoms with Crippen LogP contribution in [0.15, 0.2) is 36.8 Å². The molecule has 0 aliphatic rings. The van der Waals surface area contributed by atoms with E-state index in [4.69, 9.17) is 0 Å². The van der Waals surface area contributed by atoms with Crippen LogP contribution in [0.2, 0.25) is 0 Å². The van der Waals surface area contributed by atoms with E-state index in [1.165, 1.54) is 0 Å². The minimum absolute atomic E-state index is 0.159. The zero-order valence-corrected chi connectivity index (χ0v) is 9.13. The molecule has 0 radical (unpaired) electrons. The second-order valence-corrected chi connectivity index (χ2v) is 3.73. The monoisotopic (exact) mass is 215 g/mol. The van der Waals surface area contributed by atoms with Gasteiger partial charge in [-0.2, -0.15) is 5.10 Å². The molecule has 0 fully saturated rings. The Morgan fingerprint density at radius 1 is 1.38 bits per heavy atom. The van der Waals surface area contributed by atoms with Gasteiger partial charge in [-0.1, -0.05) is 6.07 Å². The molecule has 0 saturated heterocycles. The molecule has 82 valence electrons. The third-order valence-corrected chi connectivity index (χ3v) is 2.27. The Balaban J connectivity index is 1.95. The first-order valence-electron chi connectivity index (χ1n) is 5.13. The van der Waals surface area contributed by atoms with Gasteiger partial charge in [-0.25, -0.2) is 0 Å². The normalized spacial score (nSPS) is 10.3.